The predicted octanol–water partition coefficient (Wildman–Crippen LogP) is 4.31. The lowest BCUT2D eigenvalue weighted by atomic mass is 10.2. The van der Waals surface area contributed by atoms with Gasteiger partial charge in [-0.1, -0.05) is 0 Å². The van der Waals surface area contributed by atoms with Crippen molar-refractivity contribution in [3.8, 4) is 23.0 Å². The molecule has 1 amide bonds. The largest absolute Gasteiger partial charge is 0.493 e. The van der Waals surface area contributed by atoms with Gasteiger partial charge >= 0.3 is 5.69 Å². The fourth-order valence-electron chi connectivity index (χ4n) is 2.68. The van der Waals surface area contributed by atoms with E-state index in [0.29, 0.717) is 17.1 Å². The van der Waals surface area contributed by atoms with Crippen LogP contribution in [-0.2, 0) is 0 Å². The zero-order chi connectivity index (χ0) is 23.1. The molecular weight excluding hydrogens is 421 g/mol. The van der Waals surface area contributed by atoms with Gasteiger partial charge in [0, 0.05) is 17.2 Å². The van der Waals surface area contributed by atoms with Crippen LogP contribution in [0.15, 0.2) is 65.8 Å². The second kappa shape index (κ2) is 10.0. The first-order valence-electron chi connectivity index (χ1n) is 9.18. The molecule has 0 aliphatic heterocycles. The first-order valence-corrected chi connectivity index (χ1v) is 9.18. The number of nitrogens with zero attached hydrogens (tertiary/aromatic N) is 2. The number of amides is 1. The van der Waals surface area contributed by atoms with Crippen molar-refractivity contribution < 1.29 is 28.3 Å². The number of hydrogen-bond acceptors (Lipinski definition) is 7. The van der Waals surface area contributed by atoms with Gasteiger partial charge in [0.05, 0.1) is 25.4 Å². The number of nitrogens with one attached hydrogen (secondary N) is 1. The minimum atomic E-state index is -0.613. The van der Waals surface area contributed by atoms with Crippen LogP contribution in [-0.4, -0.2) is 31.3 Å². The van der Waals surface area contributed by atoms with Crippen LogP contribution in [0.1, 0.15) is 15.9 Å². The molecule has 0 saturated heterocycles. The van der Waals surface area contributed by atoms with E-state index in [4.69, 9.17) is 14.2 Å². The number of rotatable bonds is 8. The number of methoxy groups -OCH3 is 2. The van der Waals surface area contributed by atoms with Crippen LogP contribution in [0.3, 0.4) is 0 Å². The van der Waals surface area contributed by atoms with Gasteiger partial charge in [0.2, 0.25) is 5.75 Å². The Morgan fingerprint density at radius 2 is 1.69 bits per heavy atom. The van der Waals surface area contributed by atoms with E-state index in [0.717, 1.165) is 0 Å². The van der Waals surface area contributed by atoms with Gasteiger partial charge in [-0.3, -0.25) is 14.9 Å². The monoisotopic (exact) mass is 439 g/mol. The van der Waals surface area contributed by atoms with Crippen LogP contribution in [0.4, 0.5) is 10.1 Å². The maximum absolute atomic E-state index is 13.0. The minimum absolute atomic E-state index is 0.0203. The van der Waals surface area contributed by atoms with E-state index in [2.05, 4.69) is 10.5 Å². The average molecular weight is 439 g/mol. The lowest BCUT2D eigenvalue weighted by Crippen LogP contribution is -2.17. The molecule has 0 aromatic heterocycles. The van der Waals surface area contributed by atoms with Crippen molar-refractivity contribution in [2.24, 2.45) is 5.10 Å². The Hall–Kier alpha value is -4.47. The zero-order valence-corrected chi connectivity index (χ0v) is 17.1. The highest BCUT2D eigenvalue weighted by atomic mass is 19.1. The van der Waals surface area contributed by atoms with Crippen molar-refractivity contribution in [2.75, 3.05) is 14.2 Å². The van der Waals surface area contributed by atoms with Crippen molar-refractivity contribution in [1.29, 1.82) is 0 Å². The summed E-state index contributed by atoms with van der Waals surface area (Å²) < 4.78 is 28.8. The molecule has 0 radical (unpaired) electrons. The summed E-state index contributed by atoms with van der Waals surface area (Å²) in [6.45, 7) is 0. The summed E-state index contributed by atoms with van der Waals surface area (Å²) in [6.07, 6.45) is 1.26. The summed E-state index contributed by atoms with van der Waals surface area (Å²) in [6, 6.07) is 13.9. The molecule has 3 aromatic carbocycles. The van der Waals surface area contributed by atoms with E-state index in [1.165, 1.54) is 69.0 Å². The van der Waals surface area contributed by atoms with Gasteiger partial charge < -0.3 is 14.2 Å². The van der Waals surface area contributed by atoms with Gasteiger partial charge in [-0.05, 0) is 54.6 Å². The number of nitro benzene ring substituents is 1. The SMILES string of the molecule is COc1ccc(C(=O)N/N=C\c2ccc(Oc3ccc(F)cc3)c([N+](=O)[O-])c2)cc1OC. The smallest absolute Gasteiger partial charge is 0.312 e. The van der Waals surface area contributed by atoms with E-state index < -0.39 is 16.6 Å². The number of nitro groups is 1. The zero-order valence-electron chi connectivity index (χ0n) is 17.1. The van der Waals surface area contributed by atoms with Crippen molar-refractivity contribution in [2.45, 2.75) is 0 Å². The quantitative estimate of drug-likeness (QED) is 0.318. The maximum Gasteiger partial charge on any atom is 0.312 e. The highest BCUT2D eigenvalue weighted by Crippen LogP contribution is 2.32. The molecule has 0 heterocycles. The Balaban J connectivity index is 1.73. The van der Waals surface area contributed by atoms with E-state index in [1.807, 2.05) is 0 Å². The van der Waals surface area contributed by atoms with Gasteiger partial charge in [-0.2, -0.15) is 5.10 Å². The number of hydrazone groups is 1. The Morgan fingerprint density at radius 1 is 1.00 bits per heavy atom. The van der Waals surface area contributed by atoms with Crippen LogP contribution >= 0.6 is 0 Å². The van der Waals surface area contributed by atoms with Crippen LogP contribution in [0.2, 0.25) is 0 Å². The predicted molar refractivity (Wildman–Crippen MR) is 114 cm³/mol. The molecule has 0 bridgehead atoms. The molecule has 3 aromatic rings. The van der Waals surface area contributed by atoms with Gasteiger partial charge in [0.25, 0.3) is 5.91 Å². The summed E-state index contributed by atoms with van der Waals surface area (Å²) in [5, 5.41) is 15.3. The first kappa shape index (κ1) is 22.2. The number of carbonyl (C=O) groups excluding carboxylic acids is 1. The molecule has 9 nitrogen and oxygen atoms in total. The lowest BCUT2D eigenvalue weighted by Gasteiger charge is -2.08. The maximum atomic E-state index is 13.0. The molecule has 0 aliphatic carbocycles. The first-order chi connectivity index (χ1) is 15.4. The van der Waals surface area contributed by atoms with E-state index in [9.17, 15) is 19.3 Å². The summed E-state index contributed by atoms with van der Waals surface area (Å²) in [7, 11) is 2.94. The summed E-state index contributed by atoms with van der Waals surface area (Å²) in [5.41, 5.74) is 2.67. The molecule has 10 heteroatoms. The number of halogens is 1. The fraction of sp³-hybridized carbons (Fsp3) is 0.0909. The van der Waals surface area contributed by atoms with Gasteiger partial charge in [0.15, 0.2) is 11.5 Å². The third kappa shape index (κ3) is 5.36. The Kier molecular flexibility index (Phi) is 6.96. The average Bonchev–Trinajstić information content (AvgIpc) is 2.80. The van der Waals surface area contributed by atoms with E-state index in [-0.39, 0.29) is 22.7 Å². The molecule has 1 N–H and O–H groups in total. The summed E-state index contributed by atoms with van der Waals surface area (Å²) in [4.78, 5) is 23.1. The van der Waals surface area contributed by atoms with Gasteiger partial charge in [0.1, 0.15) is 11.6 Å². The van der Waals surface area contributed by atoms with Crippen molar-refractivity contribution in [1.82, 2.24) is 5.43 Å². The van der Waals surface area contributed by atoms with Crippen molar-refractivity contribution in [3.05, 3.63) is 87.7 Å². The van der Waals surface area contributed by atoms with Crippen LogP contribution in [0, 0.1) is 15.9 Å². The second-order valence-electron chi connectivity index (χ2n) is 6.31. The molecule has 32 heavy (non-hydrogen) atoms. The Morgan fingerprint density at radius 3 is 2.34 bits per heavy atom. The molecule has 0 unspecified atom stereocenters. The van der Waals surface area contributed by atoms with Crippen LogP contribution < -0.4 is 19.6 Å². The van der Waals surface area contributed by atoms with Crippen molar-refractivity contribution >= 4 is 17.8 Å². The third-order valence-corrected chi connectivity index (χ3v) is 4.25. The second-order valence-corrected chi connectivity index (χ2v) is 6.31. The number of ether oxygens (including phenoxy) is 3. The fourth-order valence-corrected chi connectivity index (χ4v) is 2.68. The van der Waals surface area contributed by atoms with E-state index >= 15 is 0 Å². The molecule has 0 saturated carbocycles. The van der Waals surface area contributed by atoms with Crippen molar-refractivity contribution in [3.63, 3.8) is 0 Å². The topological polar surface area (TPSA) is 112 Å². The van der Waals surface area contributed by atoms with Gasteiger partial charge in [-0.15, -0.1) is 0 Å². The number of hydrogen-bond donors (Lipinski definition) is 1. The Labute approximate surface area is 182 Å². The van der Waals surface area contributed by atoms with Crippen LogP contribution in [0.25, 0.3) is 0 Å². The molecule has 164 valence electrons. The normalized spacial score (nSPS) is 10.6. The minimum Gasteiger partial charge on any atom is -0.493 e. The summed E-state index contributed by atoms with van der Waals surface area (Å²) >= 11 is 0. The molecular formula is C22H18FN3O6. The Bertz CT molecular complexity index is 1160. The lowest BCUT2D eigenvalue weighted by molar-refractivity contribution is -0.385. The highest BCUT2D eigenvalue weighted by molar-refractivity contribution is 5.95. The molecule has 0 spiro atoms. The number of carbonyl (C=O) groups is 1. The molecule has 0 fully saturated rings. The molecule has 0 atom stereocenters. The van der Waals surface area contributed by atoms with Crippen LogP contribution in [0.5, 0.6) is 23.0 Å². The van der Waals surface area contributed by atoms with E-state index in [1.54, 1.807) is 12.1 Å². The molecule has 0 aliphatic rings. The summed E-state index contributed by atoms with van der Waals surface area (Å²) in [5.74, 6) is 0.132. The highest BCUT2D eigenvalue weighted by Gasteiger charge is 2.17. The third-order valence-electron chi connectivity index (χ3n) is 4.25. The number of benzene rings is 3. The van der Waals surface area contributed by atoms with Gasteiger partial charge in [-0.25, -0.2) is 9.82 Å². The standard InChI is InChI=1S/C22H18FN3O6/c1-30-20-10-4-15(12-21(20)31-2)22(27)25-24-13-14-3-9-19(18(11-14)26(28)29)32-17-7-5-16(23)6-8-17/h3-13H,1-2H3,(H,25,27)/b24-13-. The molecule has 3 rings (SSSR count).